The van der Waals surface area contributed by atoms with Crippen LogP contribution in [0, 0.1) is 71.0 Å². The predicted molar refractivity (Wildman–Crippen MR) is 41.1 cm³/mol. The molecule has 0 rings (SSSR count). The quantitative estimate of drug-likeness (QED) is 0.414. The van der Waals surface area contributed by atoms with Gasteiger partial charge in [-0.1, -0.05) is 0 Å². The number of hydrogen-bond acceptors (Lipinski definition) is 6. The van der Waals surface area contributed by atoms with Gasteiger partial charge < -0.3 is 1.43 Å². The Kier molecular flexibility index (Phi) is 2280. The Morgan fingerprint density at radius 3 is 0.385 bits per heavy atom. The third kappa shape index (κ3) is 384. The third-order valence-corrected chi connectivity index (χ3v) is 0. The van der Waals surface area contributed by atoms with Crippen LogP contribution in [0.4, 0.5) is 0 Å². The number of hydrogen-bond donors (Lipinski definition) is 0. The Bertz CT molecular complexity index is 97.3. The van der Waals surface area contributed by atoms with Crippen LogP contribution >= 0.6 is 0 Å². The first-order valence-corrected chi connectivity index (χ1v) is 1.55. The minimum atomic E-state index is 0. The van der Waals surface area contributed by atoms with Gasteiger partial charge in [-0.25, -0.2) is 31.6 Å². The van der Waals surface area contributed by atoms with E-state index in [0.29, 0.717) is 0 Å². The topological polar surface area (TPSA) is 143 Å². The molecule has 0 radical (unpaired) electrons. The van der Waals surface area contributed by atoms with E-state index >= 15 is 0 Å². The summed E-state index contributed by atoms with van der Waals surface area (Å²) in [5.41, 5.74) is 0. The second kappa shape index (κ2) is 479. The minimum Gasteiger partial charge on any atom is -1.00 e. The zero-order valence-electron chi connectivity index (χ0n) is 8.15. The summed E-state index contributed by atoms with van der Waals surface area (Å²) in [6, 6.07) is 0. The van der Waals surface area contributed by atoms with Gasteiger partial charge in [0.1, 0.15) is 0 Å². The number of rotatable bonds is 0. The van der Waals surface area contributed by atoms with Crippen LogP contribution in [0.15, 0.2) is 0 Å². The Morgan fingerprint density at radius 1 is 0.385 bits per heavy atom. The maximum Gasteiger partial charge on any atom is 1.00 e. The van der Waals surface area contributed by atoms with Crippen LogP contribution in [0.5, 0.6) is 0 Å². The first-order chi connectivity index (χ1) is 6.00. The molecule has 0 aliphatic rings. The molecule has 0 unspecified atom stereocenters. The molecule has 0 amide bonds. The molecule has 0 fully saturated rings. The van der Waals surface area contributed by atoms with Crippen molar-refractivity contribution in [3.05, 3.63) is 0 Å². The van der Waals surface area contributed by atoms with Gasteiger partial charge in [0.15, 0.2) is 0 Å². The second-order valence-corrected chi connectivity index (χ2v) is 0. The smallest absolute Gasteiger partial charge is 1.00 e. The van der Waals surface area contributed by atoms with Gasteiger partial charge in [-0.05, 0) is 0 Å². The summed E-state index contributed by atoms with van der Waals surface area (Å²) in [7, 11) is 0. The number of nitriles is 6. The van der Waals surface area contributed by atoms with Crippen LogP contribution in [0.25, 0.3) is 0 Å². The van der Waals surface area contributed by atoms with E-state index in [2.05, 4.69) is 39.4 Å². The molecule has 0 aromatic carbocycles. The van der Waals surface area contributed by atoms with E-state index in [4.69, 9.17) is 31.6 Å². The van der Waals surface area contributed by atoms with Crippen molar-refractivity contribution in [1.82, 2.24) is 0 Å². The molecule has 0 aliphatic heterocycles. The molecule has 0 aromatic heterocycles. The third-order valence-electron chi connectivity index (χ3n) is 0. The minimum absolute atomic E-state index is 0. The Hall–Kier alpha value is -1.42. The van der Waals surface area contributed by atoms with Crippen LogP contribution in [-0.4, -0.2) is 0 Å². The molecule has 0 N–H and O–H groups in total. The monoisotopic (exact) mass is 202 g/mol. The molecule has 0 bridgehead atoms. The zero-order valence-corrected chi connectivity index (χ0v) is 10.3. The van der Waals surface area contributed by atoms with Crippen LogP contribution in [0.2, 0.25) is 0 Å². The van der Waals surface area contributed by atoms with Crippen LogP contribution in [0.1, 0.15) is 1.43 Å². The van der Waals surface area contributed by atoms with Gasteiger partial charge in [-0.15, -0.1) is 0 Å². The molecule has 0 saturated heterocycles. The van der Waals surface area contributed by atoms with Crippen molar-refractivity contribution >= 4 is 0 Å². The van der Waals surface area contributed by atoms with Crippen molar-refractivity contribution in [2.75, 3.05) is 0 Å². The van der Waals surface area contributed by atoms with Gasteiger partial charge in [-0.3, -0.25) is 0 Å². The molecule has 13 heavy (non-hydrogen) atoms. The summed E-state index contributed by atoms with van der Waals surface area (Å²) in [5.74, 6) is 0. The molecule has 0 saturated carbocycles. The fourth-order valence-corrected chi connectivity index (χ4v) is 0. The maximum absolute atomic E-state index is 6.50. The van der Waals surface area contributed by atoms with Gasteiger partial charge in [0.05, 0.1) is 0 Å². The predicted octanol–water partition coefficient (Wildman–Crippen LogP) is -2.04. The summed E-state index contributed by atoms with van der Waals surface area (Å²) < 4.78 is 0. The molecular weight excluding hydrogens is 195 g/mol. The summed E-state index contributed by atoms with van der Waals surface area (Å²) in [6.45, 7) is 21.0. The van der Waals surface area contributed by atoms with Crippen molar-refractivity contribution in [2.45, 2.75) is 0 Å². The summed E-state index contributed by atoms with van der Waals surface area (Å²) in [4.78, 5) is 0. The van der Waals surface area contributed by atoms with E-state index in [1.165, 1.54) is 0 Å². The van der Waals surface area contributed by atoms with Crippen molar-refractivity contribution in [2.24, 2.45) is 0 Å². The molecule has 0 aromatic rings. The van der Waals surface area contributed by atoms with E-state index in [-0.39, 0.29) is 52.8 Å². The second-order valence-electron chi connectivity index (χ2n) is 0. The maximum atomic E-state index is 6.50. The molecule has 0 spiro atoms. The van der Waals surface area contributed by atoms with Crippen molar-refractivity contribution in [3.63, 3.8) is 0 Å². The average Bonchev–Trinajstić information content (AvgIpc) is 2.33. The average molecular weight is 202 g/mol. The van der Waals surface area contributed by atoms with E-state index < -0.39 is 0 Å². The molecule has 6 nitrogen and oxygen atoms in total. The first kappa shape index (κ1) is 61.8. The molecule has 0 aliphatic carbocycles. The van der Waals surface area contributed by atoms with Crippen LogP contribution < -0.4 is 51.4 Å². The Morgan fingerprint density at radius 2 is 0.385 bits per heavy atom. The molecule has 7 heteroatoms. The van der Waals surface area contributed by atoms with E-state index in [0.717, 1.165) is 0 Å². The van der Waals surface area contributed by atoms with E-state index in [1.54, 1.807) is 0 Å². The van der Waals surface area contributed by atoms with Crippen molar-refractivity contribution < 1.29 is 52.8 Å². The fraction of sp³-hybridized carbons (Fsp3) is 0. The molecular formula is C6H7KN6. The largest absolute Gasteiger partial charge is 1.00 e. The van der Waals surface area contributed by atoms with Gasteiger partial charge >= 0.3 is 51.4 Å². The fourth-order valence-electron chi connectivity index (χ4n) is 0. The van der Waals surface area contributed by atoms with Crippen molar-refractivity contribution in [1.29, 1.82) is 31.6 Å². The Labute approximate surface area is 122 Å². The summed E-state index contributed by atoms with van der Waals surface area (Å²) in [6.07, 6.45) is 0. The zero-order chi connectivity index (χ0) is 12.0. The SMILES string of the molecule is C#N.C#N.C#N.C#N.C#N.C#N.[H-].[K+]. The van der Waals surface area contributed by atoms with Gasteiger partial charge in [-0.2, -0.15) is 0 Å². The summed E-state index contributed by atoms with van der Waals surface area (Å²) in [5, 5.41) is 39.0. The van der Waals surface area contributed by atoms with Crippen molar-refractivity contribution in [3.8, 4) is 39.4 Å². The molecule has 62 valence electrons. The standard InChI is InChI=1S/6CHN.K.H/c6*1-2;;/h6*1H;;/q;;;;;;+1;-1. The summed E-state index contributed by atoms with van der Waals surface area (Å²) >= 11 is 0. The van der Waals surface area contributed by atoms with Crippen LogP contribution in [-0.2, 0) is 0 Å². The molecule has 0 heterocycles. The van der Waals surface area contributed by atoms with Crippen LogP contribution in [0.3, 0.4) is 0 Å². The van der Waals surface area contributed by atoms with E-state index in [1.807, 2.05) is 0 Å². The normalized spacial score (nSPS) is 0.923. The number of nitrogens with zero attached hydrogens (tertiary/aromatic N) is 6. The van der Waals surface area contributed by atoms with Gasteiger partial charge in [0.25, 0.3) is 0 Å². The van der Waals surface area contributed by atoms with Gasteiger partial charge in [0, 0.05) is 39.4 Å². The Balaban J connectivity index is -0.00000000500. The van der Waals surface area contributed by atoms with Gasteiger partial charge in [0.2, 0.25) is 0 Å². The first-order valence-electron chi connectivity index (χ1n) is 1.55. The van der Waals surface area contributed by atoms with E-state index in [9.17, 15) is 0 Å². The molecule has 0 atom stereocenters.